The molecule has 14 nitrogen and oxygen atoms in total. The molecule has 500 valence electrons. The van der Waals surface area contributed by atoms with Crippen molar-refractivity contribution in [1.82, 2.24) is 5.32 Å². The van der Waals surface area contributed by atoms with Gasteiger partial charge in [0.15, 0.2) is 12.6 Å². The first-order chi connectivity index (χ1) is 42.1. The summed E-state index contributed by atoms with van der Waals surface area (Å²) in [5.41, 5.74) is 0. The number of unbranched alkanes of at least 4 members (excludes halogenated alkanes) is 34. The second kappa shape index (κ2) is 56.4. The summed E-state index contributed by atoms with van der Waals surface area (Å²) in [7, 11) is 0. The number of amides is 1. The van der Waals surface area contributed by atoms with Crippen molar-refractivity contribution in [3.8, 4) is 0 Å². The number of nitrogens with one attached hydrogen (secondary N) is 1. The molecule has 0 aromatic heterocycles. The third-order valence-electron chi connectivity index (χ3n) is 16.9. The van der Waals surface area contributed by atoms with Gasteiger partial charge in [-0.25, -0.2) is 0 Å². The van der Waals surface area contributed by atoms with E-state index in [0.29, 0.717) is 12.8 Å². The fourth-order valence-electron chi connectivity index (χ4n) is 11.3. The highest BCUT2D eigenvalue weighted by Gasteiger charge is 2.51. The van der Waals surface area contributed by atoms with Crippen LogP contribution in [0.5, 0.6) is 0 Å². The van der Waals surface area contributed by atoms with E-state index in [0.717, 1.165) is 64.2 Å². The zero-order chi connectivity index (χ0) is 62.3. The molecule has 2 rings (SSSR count). The average Bonchev–Trinajstić information content (AvgIpc) is 2.54. The maximum absolute atomic E-state index is 13.3. The minimum Gasteiger partial charge on any atom is -0.394 e. The van der Waals surface area contributed by atoms with Gasteiger partial charge >= 0.3 is 0 Å². The third-order valence-corrected chi connectivity index (χ3v) is 16.9. The summed E-state index contributed by atoms with van der Waals surface area (Å²) in [6, 6.07) is -0.939. The van der Waals surface area contributed by atoms with Crippen LogP contribution in [0.15, 0.2) is 72.9 Å². The molecular weight excluding hydrogens is 1090 g/mol. The van der Waals surface area contributed by atoms with Crippen molar-refractivity contribution in [1.29, 1.82) is 0 Å². The molecule has 0 aromatic carbocycles. The van der Waals surface area contributed by atoms with Gasteiger partial charge in [-0.3, -0.25) is 4.79 Å². The molecule has 9 N–H and O–H groups in total. The molecule has 2 fully saturated rings. The molecule has 0 radical (unpaired) electrons. The first-order valence-electron chi connectivity index (χ1n) is 35.2. The van der Waals surface area contributed by atoms with Gasteiger partial charge in [-0.1, -0.05) is 279 Å². The molecule has 12 unspecified atom stereocenters. The molecule has 0 saturated carbocycles. The molecule has 2 aliphatic heterocycles. The lowest BCUT2D eigenvalue weighted by Gasteiger charge is -2.46. The number of hydrogen-bond acceptors (Lipinski definition) is 13. The molecule has 12 atom stereocenters. The fraction of sp³-hybridized carbons (Fsp3) is 0.819. The maximum Gasteiger partial charge on any atom is 0.220 e. The van der Waals surface area contributed by atoms with Crippen molar-refractivity contribution < 1.29 is 64.6 Å². The van der Waals surface area contributed by atoms with Gasteiger partial charge in [0.1, 0.15) is 48.8 Å². The maximum atomic E-state index is 13.3. The summed E-state index contributed by atoms with van der Waals surface area (Å²) in [5, 5.41) is 87.4. The number of allylic oxidation sites excluding steroid dienone is 11. The topological polar surface area (TPSA) is 228 Å². The second-order valence-corrected chi connectivity index (χ2v) is 24.6. The Morgan fingerprint density at radius 2 is 0.814 bits per heavy atom. The Labute approximate surface area is 523 Å². The van der Waals surface area contributed by atoms with Crippen LogP contribution < -0.4 is 5.32 Å². The van der Waals surface area contributed by atoms with Gasteiger partial charge in [0.2, 0.25) is 5.91 Å². The average molecular weight is 1220 g/mol. The number of ether oxygens (including phenoxy) is 4. The second-order valence-electron chi connectivity index (χ2n) is 24.6. The Bertz CT molecular complexity index is 1720. The van der Waals surface area contributed by atoms with Crippen LogP contribution in [0.2, 0.25) is 0 Å². The van der Waals surface area contributed by atoms with E-state index < -0.39 is 86.8 Å². The molecule has 14 heteroatoms. The van der Waals surface area contributed by atoms with Crippen LogP contribution in [-0.4, -0.2) is 140 Å². The van der Waals surface area contributed by atoms with Gasteiger partial charge in [0.25, 0.3) is 0 Å². The zero-order valence-electron chi connectivity index (χ0n) is 54.3. The van der Waals surface area contributed by atoms with Gasteiger partial charge in [-0.2, -0.15) is 0 Å². The van der Waals surface area contributed by atoms with Crippen LogP contribution in [-0.2, 0) is 23.7 Å². The molecule has 2 heterocycles. The molecule has 0 aromatic rings. The van der Waals surface area contributed by atoms with Gasteiger partial charge in [-0.15, -0.1) is 0 Å². The van der Waals surface area contributed by atoms with Crippen LogP contribution in [0.3, 0.4) is 0 Å². The third kappa shape index (κ3) is 40.2. The van der Waals surface area contributed by atoms with E-state index >= 15 is 0 Å². The molecule has 86 heavy (non-hydrogen) atoms. The molecular formula is C72H129NO13. The molecule has 2 saturated heterocycles. The van der Waals surface area contributed by atoms with Crippen LogP contribution in [0, 0.1) is 0 Å². The van der Waals surface area contributed by atoms with Crippen LogP contribution in [0.1, 0.15) is 284 Å². The quantitative estimate of drug-likeness (QED) is 0.0204. The SMILES string of the molecule is CC/C=C\C/C=C\C/C=C\C/C=C\CCCCCCCCCCCCC(=O)NC(COC1OC(CO)C(OC2OC(CO)C(O)C(O)C2O)C(O)C1O)C(O)/C=C/CC/C=C/CCCCCCCCCCCCCCCCCCCCCCCCC. The summed E-state index contributed by atoms with van der Waals surface area (Å²) >= 11 is 0. The van der Waals surface area contributed by atoms with Crippen LogP contribution in [0.4, 0.5) is 0 Å². The summed E-state index contributed by atoms with van der Waals surface area (Å²) in [4.78, 5) is 13.3. The van der Waals surface area contributed by atoms with Crippen molar-refractivity contribution in [3.05, 3.63) is 72.9 Å². The summed E-state index contributed by atoms with van der Waals surface area (Å²) in [6.45, 7) is 2.70. The Kier molecular flexibility index (Phi) is 52.2. The lowest BCUT2D eigenvalue weighted by atomic mass is 9.97. The number of aliphatic hydroxyl groups is 8. The number of hydrogen-bond donors (Lipinski definition) is 9. The Morgan fingerprint density at radius 3 is 1.28 bits per heavy atom. The molecule has 0 bridgehead atoms. The number of carbonyl (C=O) groups is 1. The van der Waals surface area contributed by atoms with E-state index in [9.17, 15) is 45.6 Å². The Morgan fingerprint density at radius 1 is 0.430 bits per heavy atom. The smallest absolute Gasteiger partial charge is 0.220 e. The standard InChI is InChI=1S/C72H129NO13/c1-3-5-7-9-11-13-15-17-19-21-23-25-27-28-29-30-31-32-34-35-37-39-41-43-45-47-49-51-53-55-61(76)60(59-83-71-69(82)67(80)70(63(58-75)85-71)86-72-68(81)66(79)65(78)62(57-74)84-72)73-64(77)56-54-52-50-48-46-44-42-40-38-36-33-26-24-22-20-18-16-14-12-10-8-6-4-2/h6,8,12,14,18,20,24,26,45,47,53,55,60-63,65-72,74-76,78-82H,3-5,7,9-11,13,15-17,19,21-23,25,27-44,46,48-52,54,56-59H2,1-2H3,(H,73,77)/b8-6-,14-12-,20-18-,26-24-,47-45+,55-53+. The minimum atomic E-state index is -1.79. The van der Waals surface area contributed by atoms with E-state index in [2.05, 4.69) is 79.9 Å². The van der Waals surface area contributed by atoms with Crippen LogP contribution in [0.25, 0.3) is 0 Å². The minimum absolute atomic E-state index is 0.254. The summed E-state index contributed by atoms with van der Waals surface area (Å²) < 4.78 is 22.8. The lowest BCUT2D eigenvalue weighted by molar-refractivity contribution is -0.359. The van der Waals surface area contributed by atoms with E-state index in [4.69, 9.17) is 18.9 Å². The van der Waals surface area contributed by atoms with Crippen molar-refractivity contribution >= 4 is 5.91 Å². The normalized spacial score (nSPS) is 23.8. The number of aliphatic hydroxyl groups excluding tert-OH is 8. The van der Waals surface area contributed by atoms with Gasteiger partial charge < -0.3 is 65.1 Å². The lowest BCUT2D eigenvalue weighted by Crippen LogP contribution is -2.65. The van der Waals surface area contributed by atoms with Crippen LogP contribution >= 0.6 is 0 Å². The number of carbonyl (C=O) groups excluding carboxylic acids is 1. The summed E-state index contributed by atoms with van der Waals surface area (Å²) in [6.07, 6.45) is 59.6. The van der Waals surface area contributed by atoms with Gasteiger partial charge in [0.05, 0.1) is 32.0 Å². The Hall–Kier alpha value is -2.57. The van der Waals surface area contributed by atoms with E-state index in [1.807, 2.05) is 6.08 Å². The highest BCUT2D eigenvalue weighted by atomic mass is 16.7. The highest BCUT2D eigenvalue weighted by molar-refractivity contribution is 5.76. The van der Waals surface area contributed by atoms with Gasteiger partial charge in [-0.05, 0) is 70.6 Å². The predicted molar refractivity (Wildman–Crippen MR) is 350 cm³/mol. The van der Waals surface area contributed by atoms with Crippen molar-refractivity contribution in [2.45, 2.75) is 357 Å². The van der Waals surface area contributed by atoms with Crippen molar-refractivity contribution in [2.75, 3.05) is 19.8 Å². The Balaban J connectivity index is 1.70. The predicted octanol–water partition coefficient (Wildman–Crippen LogP) is 14.2. The van der Waals surface area contributed by atoms with Gasteiger partial charge in [0, 0.05) is 6.42 Å². The van der Waals surface area contributed by atoms with Crippen molar-refractivity contribution in [2.24, 2.45) is 0 Å². The first-order valence-corrected chi connectivity index (χ1v) is 35.2. The zero-order valence-corrected chi connectivity index (χ0v) is 54.3. The van der Waals surface area contributed by atoms with Crippen molar-refractivity contribution in [3.63, 3.8) is 0 Å². The van der Waals surface area contributed by atoms with E-state index in [-0.39, 0.29) is 18.9 Å². The largest absolute Gasteiger partial charge is 0.394 e. The molecule has 2 aliphatic rings. The summed E-state index contributed by atoms with van der Waals surface area (Å²) in [5.74, 6) is -0.254. The van der Waals surface area contributed by atoms with E-state index in [1.165, 1.54) is 186 Å². The number of rotatable bonds is 57. The molecule has 0 spiro atoms. The first kappa shape index (κ1) is 79.5. The van der Waals surface area contributed by atoms with E-state index in [1.54, 1.807) is 6.08 Å². The fourth-order valence-corrected chi connectivity index (χ4v) is 11.3. The molecule has 0 aliphatic carbocycles. The highest BCUT2D eigenvalue weighted by Crippen LogP contribution is 2.30. The monoisotopic (exact) mass is 1220 g/mol. The molecule has 1 amide bonds.